The lowest BCUT2D eigenvalue weighted by atomic mass is 9.87. The Labute approximate surface area is 160 Å². The molecule has 0 spiro atoms. The lowest BCUT2D eigenvalue weighted by Crippen LogP contribution is -2.46. The number of nitrogens with one attached hydrogen (secondary N) is 1. The van der Waals surface area contributed by atoms with Crippen LogP contribution < -0.4 is 5.32 Å². The van der Waals surface area contributed by atoms with E-state index in [1.807, 2.05) is 37.3 Å². The monoisotopic (exact) mass is 363 g/mol. The minimum Gasteiger partial charge on any atom is -0.388 e. The van der Waals surface area contributed by atoms with Gasteiger partial charge in [-0.15, -0.1) is 0 Å². The van der Waals surface area contributed by atoms with Crippen molar-refractivity contribution in [1.29, 1.82) is 5.26 Å². The number of nitrogens with zero attached hydrogens (tertiary/aromatic N) is 2. The number of aliphatic hydroxyl groups is 1. The highest BCUT2D eigenvalue weighted by Gasteiger charge is 2.30. The Kier molecular flexibility index (Phi) is 6.23. The normalized spacial score (nSPS) is 17.7. The Morgan fingerprint density at radius 1 is 1.15 bits per heavy atom. The van der Waals surface area contributed by atoms with Gasteiger partial charge >= 0.3 is 0 Å². The Morgan fingerprint density at radius 3 is 2.37 bits per heavy atom. The Balaban J connectivity index is 1.52. The van der Waals surface area contributed by atoms with Gasteiger partial charge in [0.1, 0.15) is 0 Å². The van der Waals surface area contributed by atoms with Gasteiger partial charge in [-0.2, -0.15) is 5.26 Å². The van der Waals surface area contributed by atoms with Crippen molar-refractivity contribution < 1.29 is 9.90 Å². The van der Waals surface area contributed by atoms with Crippen molar-refractivity contribution in [3.8, 4) is 6.07 Å². The Hall–Kier alpha value is -2.68. The van der Waals surface area contributed by atoms with Gasteiger partial charge in [0, 0.05) is 5.69 Å². The molecule has 2 atom stereocenters. The number of carbonyl (C=O) groups excluding carboxylic acids is 1. The van der Waals surface area contributed by atoms with Gasteiger partial charge in [-0.05, 0) is 68.6 Å². The molecule has 0 bridgehead atoms. The molecule has 140 valence electrons. The van der Waals surface area contributed by atoms with E-state index in [0.717, 1.165) is 31.5 Å². The zero-order valence-electron chi connectivity index (χ0n) is 15.5. The Morgan fingerprint density at radius 2 is 1.78 bits per heavy atom. The number of hydrogen-bond acceptors (Lipinski definition) is 4. The number of nitriles is 1. The first-order chi connectivity index (χ1) is 13.1. The maximum Gasteiger partial charge on any atom is 0.241 e. The summed E-state index contributed by atoms with van der Waals surface area (Å²) in [4.78, 5) is 14.7. The van der Waals surface area contributed by atoms with E-state index in [2.05, 4.69) is 16.3 Å². The standard InChI is InChI=1S/C22H25N3O2/c1-16(22(27)24-20-9-7-17(15-23)8-10-20)25-13-11-19(12-14-25)21(26)18-5-3-2-4-6-18/h2-10,16,19,21,26H,11-14H2,1H3,(H,24,27)/t16-,21-/m0/s1. The SMILES string of the molecule is C[C@@H](C(=O)Nc1ccc(C#N)cc1)N1CCC([C@@H](O)c2ccccc2)CC1. The molecule has 1 fully saturated rings. The summed E-state index contributed by atoms with van der Waals surface area (Å²) in [7, 11) is 0. The van der Waals surface area contributed by atoms with Crippen LogP contribution in [-0.2, 0) is 4.79 Å². The molecule has 0 aliphatic carbocycles. The number of hydrogen-bond donors (Lipinski definition) is 2. The molecule has 2 aromatic carbocycles. The largest absolute Gasteiger partial charge is 0.388 e. The van der Waals surface area contributed by atoms with Crippen LogP contribution >= 0.6 is 0 Å². The molecule has 0 unspecified atom stereocenters. The van der Waals surface area contributed by atoms with E-state index in [9.17, 15) is 9.90 Å². The summed E-state index contributed by atoms with van der Waals surface area (Å²) in [5.74, 6) is 0.166. The smallest absolute Gasteiger partial charge is 0.241 e. The number of amides is 1. The van der Waals surface area contributed by atoms with Crippen molar-refractivity contribution in [2.24, 2.45) is 5.92 Å². The first-order valence-corrected chi connectivity index (χ1v) is 9.36. The highest BCUT2D eigenvalue weighted by atomic mass is 16.3. The number of piperidine rings is 1. The maximum absolute atomic E-state index is 12.5. The van der Waals surface area contributed by atoms with E-state index in [1.165, 1.54) is 0 Å². The molecule has 5 heteroatoms. The quantitative estimate of drug-likeness (QED) is 0.854. The van der Waals surface area contributed by atoms with Crippen LogP contribution in [0.2, 0.25) is 0 Å². The molecule has 1 aliphatic heterocycles. The molecule has 0 saturated carbocycles. The molecule has 0 radical (unpaired) electrons. The lowest BCUT2D eigenvalue weighted by Gasteiger charge is -2.37. The predicted octanol–water partition coefficient (Wildman–Crippen LogP) is 3.33. The molecule has 5 nitrogen and oxygen atoms in total. The van der Waals surface area contributed by atoms with Gasteiger partial charge < -0.3 is 10.4 Å². The molecule has 0 aromatic heterocycles. The molecule has 1 heterocycles. The number of benzene rings is 2. The van der Waals surface area contributed by atoms with E-state index >= 15 is 0 Å². The van der Waals surface area contributed by atoms with E-state index in [4.69, 9.17) is 5.26 Å². The summed E-state index contributed by atoms with van der Waals surface area (Å²) < 4.78 is 0. The van der Waals surface area contributed by atoms with Crippen molar-refractivity contribution in [2.45, 2.75) is 31.9 Å². The fourth-order valence-electron chi connectivity index (χ4n) is 3.59. The van der Waals surface area contributed by atoms with Crippen molar-refractivity contribution in [3.63, 3.8) is 0 Å². The third-order valence-corrected chi connectivity index (χ3v) is 5.37. The van der Waals surface area contributed by atoms with Crippen LogP contribution in [0.5, 0.6) is 0 Å². The number of likely N-dealkylation sites (tertiary alicyclic amines) is 1. The second-order valence-electron chi connectivity index (χ2n) is 7.08. The molecule has 1 amide bonds. The van der Waals surface area contributed by atoms with Crippen LogP contribution in [0, 0.1) is 17.2 Å². The zero-order chi connectivity index (χ0) is 19.2. The highest BCUT2D eigenvalue weighted by molar-refractivity contribution is 5.94. The molecular formula is C22H25N3O2. The second kappa shape index (κ2) is 8.81. The summed E-state index contributed by atoms with van der Waals surface area (Å²) in [5, 5.41) is 22.3. The van der Waals surface area contributed by atoms with Crippen LogP contribution in [0.25, 0.3) is 0 Å². The minimum atomic E-state index is -0.448. The first kappa shape index (κ1) is 19.1. The van der Waals surface area contributed by atoms with Crippen LogP contribution in [0.4, 0.5) is 5.69 Å². The minimum absolute atomic E-state index is 0.0539. The van der Waals surface area contributed by atoms with Crippen LogP contribution in [0.15, 0.2) is 54.6 Å². The van der Waals surface area contributed by atoms with Gasteiger partial charge in [-0.1, -0.05) is 30.3 Å². The van der Waals surface area contributed by atoms with E-state index in [-0.39, 0.29) is 17.9 Å². The average molecular weight is 363 g/mol. The summed E-state index contributed by atoms with van der Waals surface area (Å²) in [6.45, 7) is 3.49. The van der Waals surface area contributed by atoms with Gasteiger partial charge in [0.25, 0.3) is 0 Å². The predicted molar refractivity (Wildman–Crippen MR) is 105 cm³/mol. The average Bonchev–Trinajstić information content (AvgIpc) is 2.74. The lowest BCUT2D eigenvalue weighted by molar-refractivity contribution is -0.121. The van der Waals surface area contributed by atoms with Crippen LogP contribution in [0.1, 0.15) is 37.0 Å². The molecule has 3 rings (SSSR count). The fraction of sp³-hybridized carbons (Fsp3) is 0.364. The molecule has 2 N–H and O–H groups in total. The molecule has 1 saturated heterocycles. The number of aliphatic hydroxyl groups excluding tert-OH is 1. The number of rotatable bonds is 5. The Bertz CT molecular complexity index is 791. The third kappa shape index (κ3) is 4.73. The molecule has 1 aliphatic rings. The number of carbonyl (C=O) groups is 1. The zero-order valence-corrected chi connectivity index (χ0v) is 15.5. The van der Waals surface area contributed by atoms with Crippen LogP contribution in [-0.4, -0.2) is 35.0 Å². The van der Waals surface area contributed by atoms with Gasteiger partial charge in [-0.3, -0.25) is 9.69 Å². The van der Waals surface area contributed by atoms with Crippen molar-refractivity contribution >= 4 is 11.6 Å². The summed E-state index contributed by atoms with van der Waals surface area (Å²) >= 11 is 0. The number of anilines is 1. The van der Waals surface area contributed by atoms with E-state index in [0.29, 0.717) is 11.3 Å². The van der Waals surface area contributed by atoms with Crippen molar-refractivity contribution in [3.05, 3.63) is 65.7 Å². The van der Waals surface area contributed by atoms with Crippen molar-refractivity contribution in [1.82, 2.24) is 4.90 Å². The van der Waals surface area contributed by atoms with Gasteiger partial charge in [0.15, 0.2) is 0 Å². The van der Waals surface area contributed by atoms with Gasteiger partial charge in [-0.25, -0.2) is 0 Å². The van der Waals surface area contributed by atoms with Gasteiger partial charge in [0.2, 0.25) is 5.91 Å². The van der Waals surface area contributed by atoms with E-state index < -0.39 is 6.10 Å². The van der Waals surface area contributed by atoms with E-state index in [1.54, 1.807) is 24.3 Å². The summed E-state index contributed by atoms with van der Waals surface area (Å²) in [6.07, 6.45) is 1.28. The molecular weight excluding hydrogens is 338 g/mol. The highest BCUT2D eigenvalue weighted by Crippen LogP contribution is 2.31. The summed E-state index contributed by atoms with van der Waals surface area (Å²) in [6, 6.07) is 18.5. The van der Waals surface area contributed by atoms with Crippen LogP contribution in [0.3, 0.4) is 0 Å². The third-order valence-electron chi connectivity index (χ3n) is 5.37. The second-order valence-corrected chi connectivity index (χ2v) is 7.08. The molecule has 2 aromatic rings. The molecule has 27 heavy (non-hydrogen) atoms. The topological polar surface area (TPSA) is 76.4 Å². The summed E-state index contributed by atoms with van der Waals surface area (Å²) in [5.41, 5.74) is 2.22. The maximum atomic E-state index is 12.5. The van der Waals surface area contributed by atoms with Gasteiger partial charge in [0.05, 0.1) is 23.8 Å². The van der Waals surface area contributed by atoms with Crippen molar-refractivity contribution in [2.75, 3.05) is 18.4 Å². The first-order valence-electron chi connectivity index (χ1n) is 9.36. The fourth-order valence-corrected chi connectivity index (χ4v) is 3.59.